The SMILES string of the molecule is C#CC(C)(C)n1ccnn1. The number of hydrogen-bond acceptors (Lipinski definition) is 2. The summed E-state index contributed by atoms with van der Waals surface area (Å²) in [5, 5.41) is 7.44. The van der Waals surface area contributed by atoms with Crippen LogP contribution in [0.2, 0.25) is 0 Å². The lowest BCUT2D eigenvalue weighted by Crippen LogP contribution is -2.24. The Hall–Kier alpha value is -1.30. The van der Waals surface area contributed by atoms with Gasteiger partial charge >= 0.3 is 0 Å². The van der Waals surface area contributed by atoms with Crippen LogP contribution in [-0.2, 0) is 5.54 Å². The van der Waals surface area contributed by atoms with Gasteiger partial charge in [0.05, 0.1) is 6.20 Å². The summed E-state index contributed by atoms with van der Waals surface area (Å²) < 4.78 is 1.65. The average molecular weight is 135 g/mol. The number of nitrogens with zero attached hydrogens (tertiary/aromatic N) is 3. The van der Waals surface area contributed by atoms with Crippen LogP contribution in [0.15, 0.2) is 12.4 Å². The van der Waals surface area contributed by atoms with Crippen molar-refractivity contribution in [3.63, 3.8) is 0 Å². The maximum absolute atomic E-state index is 5.26. The van der Waals surface area contributed by atoms with Crippen LogP contribution in [-0.4, -0.2) is 15.0 Å². The summed E-state index contributed by atoms with van der Waals surface area (Å²) in [6, 6.07) is 0. The summed E-state index contributed by atoms with van der Waals surface area (Å²) in [6.07, 6.45) is 8.62. The van der Waals surface area contributed by atoms with Crippen molar-refractivity contribution in [2.75, 3.05) is 0 Å². The highest BCUT2D eigenvalue weighted by Crippen LogP contribution is 2.09. The van der Waals surface area contributed by atoms with E-state index in [1.807, 2.05) is 13.8 Å². The first kappa shape index (κ1) is 6.81. The summed E-state index contributed by atoms with van der Waals surface area (Å²) in [5.74, 6) is 2.60. The summed E-state index contributed by atoms with van der Waals surface area (Å²) in [5.41, 5.74) is -0.365. The summed E-state index contributed by atoms with van der Waals surface area (Å²) in [7, 11) is 0. The minimum absolute atomic E-state index is 0.365. The second kappa shape index (κ2) is 2.14. The van der Waals surface area contributed by atoms with Crippen LogP contribution in [0.3, 0.4) is 0 Å². The molecule has 0 saturated heterocycles. The third-order valence-electron chi connectivity index (χ3n) is 1.35. The van der Waals surface area contributed by atoms with Crippen molar-refractivity contribution >= 4 is 0 Å². The average Bonchev–Trinajstić information content (AvgIpc) is 2.38. The predicted molar refractivity (Wildman–Crippen MR) is 38.2 cm³/mol. The smallest absolute Gasteiger partial charge is 0.118 e. The van der Waals surface area contributed by atoms with E-state index < -0.39 is 0 Å². The molecule has 0 aliphatic heterocycles. The molecule has 0 aromatic carbocycles. The van der Waals surface area contributed by atoms with Gasteiger partial charge in [0.2, 0.25) is 0 Å². The molecule has 0 N–H and O–H groups in total. The van der Waals surface area contributed by atoms with E-state index >= 15 is 0 Å². The first-order valence-electron chi connectivity index (χ1n) is 3.01. The molecule has 0 amide bonds. The molecule has 0 radical (unpaired) electrons. The van der Waals surface area contributed by atoms with Gasteiger partial charge in [-0.3, -0.25) is 0 Å². The second-order valence-corrected chi connectivity index (χ2v) is 2.55. The molecule has 3 heteroatoms. The van der Waals surface area contributed by atoms with Crippen molar-refractivity contribution < 1.29 is 0 Å². The third-order valence-corrected chi connectivity index (χ3v) is 1.35. The first-order chi connectivity index (χ1) is 4.67. The predicted octanol–water partition coefficient (Wildman–Crippen LogP) is 0.646. The lowest BCUT2D eigenvalue weighted by molar-refractivity contribution is 0.412. The minimum atomic E-state index is -0.365. The Balaban J connectivity index is 2.99. The van der Waals surface area contributed by atoms with Gasteiger partial charge in [0.25, 0.3) is 0 Å². The number of hydrogen-bond donors (Lipinski definition) is 0. The molecular weight excluding hydrogens is 126 g/mol. The van der Waals surface area contributed by atoms with Crippen LogP contribution >= 0.6 is 0 Å². The van der Waals surface area contributed by atoms with Gasteiger partial charge in [-0.2, -0.15) is 0 Å². The van der Waals surface area contributed by atoms with Gasteiger partial charge in [-0.15, -0.1) is 11.5 Å². The van der Waals surface area contributed by atoms with Crippen molar-refractivity contribution in [3.8, 4) is 12.3 Å². The molecule has 0 unspecified atom stereocenters. The molecule has 3 nitrogen and oxygen atoms in total. The fraction of sp³-hybridized carbons (Fsp3) is 0.429. The van der Waals surface area contributed by atoms with Gasteiger partial charge < -0.3 is 0 Å². The van der Waals surface area contributed by atoms with Crippen molar-refractivity contribution in [1.29, 1.82) is 0 Å². The molecule has 1 heterocycles. The summed E-state index contributed by atoms with van der Waals surface area (Å²) >= 11 is 0. The lowest BCUT2D eigenvalue weighted by atomic mass is 10.1. The van der Waals surface area contributed by atoms with Crippen LogP contribution in [0.25, 0.3) is 0 Å². The quantitative estimate of drug-likeness (QED) is 0.529. The zero-order valence-corrected chi connectivity index (χ0v) is 6.07. The topological polar surface area (TPSA) is 30.7 Å². The lowest BCUT2D eigenvalue weighted by Gasteiger charge is -2.16. The Labute approximate surface area is 60.1 Å². The number of aromatic nitrogens is 3. The van der Waals surface area contributed by atoms with Gasteiger partial charge in [0.15, 0.2) is 0 Å². The van der Waals surface area contributed by atoms with Crippen LogP contribution in [0.5, 0.6) is 0 Å². The molecule has 0 fully saturated rings. The highest BCUT2D eigenvalue weighted by atomic mass is 15.4. The van der Waals surface area contributed by atoms with E-state index in [9.17, 15) is 0 Å². The van der Waals surface area contributed by atoms with Crippen LogP contribution in [0, 0.1) is 12.3 Å². The molecule has 0 atom stereocenters. The van der Waals surface area contributed by atoms with E-state index in [0.717, 1.165) is 0 Å². The number of terminal acetylenes is 1. The van der Waals surface area contributed by atoms with E-state index in [1.165, 1.54) is 0 Å². The van der Waals surface area contributed by atoms with E-state index in [4.69, 9.17) is 6.42 Å². The van der Waals surface area contributed by atoms with Crippen LogP contribution in [0.4, 0.5) is 0 Å². The molecule has 0 aliphatic rings. The van der Waals surface area contributed by atoms with Crippen molar-refractivity contribution in [2.45, 2.75) is 19.4 Å². The molecule has 0 aliphatic carbocycles. The zero-order chi connectivity index (χ0) is 7.61. The Bertz CT molecular complexity index is 240. The molecular formula is C7H9N3. The van der Waals surface area contributed by atoms with Crippen LogP contribution in [0.1, 0.15) is 13.8 Å². The molecule has 0 saturated carbocycles. The highest BCUT2D eigenvalue weighted by molar-refractivity contribution is 5.04. The van der Waals surface area contributed by atoms with Crippen LogP contribution < -0.4 is 0 Å². The Kier molecular flexibility index (Phi) is 1.46. The van der Waals surface area contributed by atoms with Crippen molar-refractivity contribution in [1.82, 2.24) is 15.0 Å². The summed E-state index contributed by atoms with van der Waals surface area (Å²) in [4.78, 5) is 0. The normalized spacial score (nSPS) is 10.9. The fourth-order valence-corrected chi connectivity index (χ4v) is 0.573. The third kappa shape index (κ3) is 1.01. The first-order valence-corrected chi connectivity index (χ1v) is 3.01. The molecule has 0 bridgehead atoms. The standard InChI is InChI=1S/C7H9N3/c1-4-7(2,3)10-6-5-8-9-10/h1,5-6H,2-3H3. The Morgan fingerprint density at radius 1 is 1.60 bits per heavy atom. The van der Waals surface area contributed by atoms with Gasteiger partial charge in [0, 0.05) is 6.20 Å². The summed E-state index contributed by atoms with van der Waals surface area (Å²) in [6.45, 7) is 3.81. The second-order valence-electron chi connectivity index (χ2n) is 2.55. The van der Waals surface area contributed by atoms with Crippen molar-refractivity contribution in [2.24, 2.45) is 0 Å². The molecule has 1 aromatic rings. The van der Waals surface area contributed by atoms with E-state index in [2.05, 4.69) is 16.2 Å². The Morgan fingerprint density at radius 2 is 2.30 bits per heavy atom. The highest BCUT2D eigenvalue weighted by Gasteiger charge is 2.15. The zero-order valence-electron chi connectivity index (χ0n) is 6.07. The van der Waals surface area contributed by atoms with Gasteiger partial charge in [-0.25, -0.2) is 4.68 Å². The van der Waals surface area contributed by atoms with Crippen molar-refractivity contribution in [3.05, 3.63) is 12.4 Å². The molecule has 1 aromatic heterocycles. The largest absolute Gasteiger partial charge is 0.235 e. The molecule has 0 spiro atoms. The van der Waals surface area contributed by atoms with Gasteiger partial charge in [-0.1, -0.05) is 11.1 Å². The molecule has 1 rings (SSSR count). The van der Waals surface area contributed by atoms with Gasteiger partial charge in [-0.05, 0) is 13.8 Å². The molecule has 52 valence electrons. The number of rotatable bonds is 1. The maximum atomic E-state index is 5.26. The minimum Gasteiger partial charge on any atom is -0.235 e. The van der Waals surface area contributed by atoms with E-state index in [-0.39, 0.29) is 5.54 Å². The van der Waals surface area contributed by atoms with E-state index in [0.29, 0.717) is 0 Å². The maximum Gasteiger partial charge on any atom is 0.118 e. The van der Waals surface area contributed by atoms with E-state index in [1.54, 1.807) is 17.1 Å². The fourth-order valence-electron chi connectivity index (χ4n) is 0.573. The van der Waals surface area contributed by atoms with Gasteiger partial charge in [0.1, 0.15) is 5.54 Å². The monoisotopic (exact) mass is 135 g/mol. The molecule has 10 heavy (non-hydrogen) atoms. The Morgan fingerprint density at radius 3 is 2.70 bits per heavy atom.